The van der Waals surface area contributed by atoms with E-state index in [4.69, 9.17) is 9.26 Å². The van der Waals surface area contributed by atoms with Crippen LogP contribution in [0.15, 0.2) is 115 Å². The minimum Gasteiger partial charge on any atom is -0.497 e. The molecule has 0 saturated heterocycles. The lowest BCUT2D eigenvalue weighted by Gasteiger charge is -2.26. The number of hydrogen-bond donors (Lipinski definition) is 0. The third kappa shape index (κ3) is 3.52. The Kier molecular flexibility index (Phi) is 5.41. The Morgan fingerprint density at radius 2 is 0.821 bits per heavy atom. The second kappa shape index (κ2) is 8.29. The van der Waals surface area contributed by atoms with Crippen LogP contribution in [0.3, 0.4) is 0 Å². The fourth-order valence-electron chi connectivity index (χ4n) is 3.31. The molecule has 0 heterocycles. The molecule has 0 bridgehead atoms. The summed E-state index contributed by atoms with van der Waals surface area (Å²) in [6, 6.07) is 39.4. The summed E-state index contributed by atoms with van der Waals surface area (Å²) in [4.78, 5) is 0. The zero-order valence-electron chi connectivity index (χ0n) is 15.7. The quantitative estimate of drug-likeness (QED) is 0.436. The summed E-state index contributed by atoms with van der Waals surface area (Å²) >= 11 is 0. The van der Waals surface area contributed by atoms with Crippen LogP contribution in [0, 0.1) is 0 Å². The fraction of sp³-hybridized carbons (Fsp3) is 0.0400. The molecule has 3 heteroatoms. The van der Waals surface area contributed by atoms with Gasteiger partial charge >= 0.3 is 0 Å². The topological polar surface area (TPSA) is 18.5 Å². The fourth-order valence-corrected chi connectivity index (χ4v) is 6.74. The van der Waals surface area contributed by atoms with Crippen LogP contribution in [-0.2, 0) is 0 Å². The highest BCUT2D eigenvalue weighted by Crippen LogP contribution is 2.56. The van der Waals surface area contributed by atoms with Crippen LogP contribution in [0.5, 0.6) is 11.5 Å². The largest absolute Gasteiger partial charge is 0.497 e. The van der Waals surface area contributed by atoms with Crippen molar-refractivity contribution in [2.24, 2.45) is 0 Å². The van der Waals surface area contributed by atoms with Gasteiger partial charge in [0, 0.05) is 0 Å². The standard InChI is InChI=1S/C25H22O2P/c1-26-21-17-19-22(20-18-21)27-28(23-11-5-2-6-12-23,24-13-7-3-8-14-24)25-15-9-4-10-16-25/h2-20H,1H3/q+1. The first-order chi connectivity index (χ1) is 13.8. The van der Waals surface area contributed by atoms with Gasteiger partial charge in [-0.05, 0) is 60.7 Å². The van der Waals surface area contributed by atoms with Crippen LogP contribution in [0.2, 0.25) is 0 Å². The first-order valence-electron chi connectivity index (χ1n) is 9.22. The maximum atomic E-state index is 6.92. The monoisotopic (exact) mass is 385 g/mol. The molecule has 0 fully saturated rings. The smallest absolute Gasteiger partial charge is 0.287 e. The van der Waals surface area contributed by atoms with Gasteiger partial charge in [0.2, 0.25) is 0 Å². The van der Waals surface area contributed by atoms with E-state index in [1.807, 2.05) is 42.5 Å². The third-order valence-corrected chi connectivity index (χ3v) is 8.22. The van der Waals surface area contributed by atoms with Crippen LogP contribution < -0.4 is 25.2 Å². The van der Waals surface area contributed by atoms with Gasteiger partial charge in [0.05, 0.1) is 7.11 Å². The van der Waals surface area contributed by atoms with Crippen LogP contribution in [0.1, 0.15) is 0 Å². The van der Waals surface area contributed by atoms with Gasteiger partial charge in [-0.25, -0.2) is 0 Å². The minimum absolute atomic E-state index is 0.815. The van der Waals surface area contributed by atoms with Gasteiger partial charge < -0.3 is 9.26 Å². The predicted octanol–water partition coefficient (Wildman–Crippen LogP) is 4.98. The lowest BCUT2D eigenvalue weighted by Crippen LogP contribution is -2.34. The molecule has 2 nitrogen and oxygen atoms in total. The SMILES string of the molecule is COc1ccc(O[P+](c2ccccc2)(c2ccccc2)c2ccccc2)cc1. The molecule has 0 unspecified atom stereocenters. The lowest BCUT2D eigenvalue weighted by molar-refractivity contribution is 0.414. The van der Waals surface area contributed by atoms with Crippen molar-refractivity contribution in [2.75, 3.05) is 7.11 Å². The van der Waals surface area contributed by atoms with E-state index in [0.717, 1.165) is 11.5 Å². The molecular weight excluding hydrogens is 363 g/mol. The molecule has 4 aromatic rings. The van der Waals surface area contributed by atoms with E-state index < -0.39 is 7.49 Å². The van der Waals surface area contributed by atoms with E-state index in [0.29, 0.717) is 0 Å². The molecule has 0 spiro atoms. The molecular formula is C25H22O2P+. The van der Waals surface area contributed by atoms with Crippen molar-refractivity contribution in [3.63, 3.8) is 0 Å². The Bertz CT molecular complexity index is 904. The second-order valence-electron chi connectivity index (χ2n) is 6.38. The molecule has 0 amide bonds. The molecule has 138 valence electrons. The molecule has 0 saturated carbocycles. The first-order valence-corrected chi connectivity index (χ1v) is 10.9. The number of benzene rings is 4. The number of ether oxygens (including phenoxy) is 1. The van der Waals surface area contributed by atoms with Crippen LogP contribution in [0.25, 0.3) is 0 Å². The molecule has 0 radical (unpaired) electrons. The Balaban J connectivity index is 1.95. The molecule has 4 aromatic carbocycles. The molecule has 4 rings (SSSR count). The van der Waals surface area contributed by atoms with Gasteiger partial charge in [0.25, 0.3) is 7.49 Å². The molecule has 0 atom stereocenters. The predicted molar refractivity (Wildman–Crippen MR) is 119 cm³/mol. The Labute approximate surface area is 166 Å². The second-order valence-corrected chi connectivity index (χ2v) is 9.33. The summed E-state index contributed by atoms with van der Waals surface area (Å²) in [6.07, 6.45) is 0. The van der Waals surface area contributed by atoms with Gasteiger partial charge in [0.1, 0.15) is 21.7 Å². The van der Waals surface area contributed by atoms with Crippen molar-refractivity contribution in [3.8, 4) is 11.5 Å². The summed E-state index contributed by atoms with van der Waals surface area (Å²) in [6.45, 7) is 0. The summed E-state index contributed by atoms with van der Waals surface area (Å²) < 4.78 is 12.2. The van der Waals surface area contributed by atoms with Crippen molar-refractivity contribution in [3.05, 3.63) is 115 Å². The van der Waals surface area contributed by atoms with Gasteiger partial charge in [-0.15, -0.1) is 0 Å². The first kappa shape index (κ1) is 18.3. The highest BCUT2D eigenvalue weighted by atomic mass is 31.2. The summed E-state index contributed by atoms with van der Waals surface area (Å²) in [5.74, 6) is 1.64. The van der Waals surface area contributed by atoms with Crippen molar-refractivity contribution in [1.29, 1.82) is 0 Å². The Morgan fingerprint density at radius 3 is 1.18 bits per heavy atom. The zero-order valence-corrected chi connectivity index (χ0v) is 16.6. The van der Waals surface area contributed by atoms with Crippen LogP contribution in [0.4, 0.5) is 0 Å². The van der Waals surface area contributed by atoms with E-state index in [-0.39, 0.29) is 0 Å². The van der Waals surface area contributed by atoms with Gasteiger partial charge in [-0.2, -0.15) is 0 Å². The number of hydrogen-bond acceptors (Lipinski definition) is 2. The highest BCUT2D eigenvalue weighted by molar-refractivity contribution is 7.92. The average Bonchev–Trinajstić information content (AvgIpc) is 2.80. The van der Waals surface area contributed by atoms with Gasteiger partial charge in [-0.1, -0.05) is 54.6 Å². The van der Waals surface area contributed by atoms with Crippen molar-refractivity contribution >= 4 is 23.4 Å². The van der Waals surface area contributed by atoms with Crippen molar-refractivity contribution in [2.45, 2.75) is 0 Å². The van der Waals surface area contributed by atoms with Gasteiger partial charge in [0.15, 0.2) is 5.75 Å². The molecule has 0 aliphatic heterocycles. The lowest BCUT2D eigenvalue weighted by atomic mass is 10.3. The maximum Gasteiger partial charge on any atom is 0.287 e. The van der Waals surface area contributed by atoms with Crippen LogP contribution >= 0.6 is 7.49 Å². The van der Waals surface area contributed by atoms with E-state index in [9.17, 15) is 0 Å². The third-order valence-electron chi connectivity index (χ3n) is 4.66. The molecule has 0 N–H and O–H groups in total. The van der Waals surface area contributed by atoms with Crippen molar-refractivity contribution < 1.29 is 9.26 Å². The van der Waals surface area contributed by atoms with Gasteiger partial charge in [-0.3, -0.25) is 0 Å². The molecule has 0 aromatic heterocycles. The summed E-state index contributed by atoms with van der Waals surface area (Å²) in [5.41, 5.74) is 0. The highest BCUT2D eigenvalue weighted by Gasteiger charge is 2.49. The maximum absolute atomic E-state index is 6.92. The van der Waals surface area contributed by atoms with Crippen molar-refractivity contribution in [1.82, 2.24) is 0 Å². The molecule has 28 heavy (non-hydrogen) atoms. The van der Waals surface area contributed by atoms with E-state index >= 15 is 0 Å². The average molecular weight is 385 g/mol. The Morgan fingerprint density at radius 1 is 0.464 bits per heavy atom. The summed E-state index contributed by atoms with van der Waals surface area (Å²) in [7, 11) is -0.668. The van der Waals surface area contributed by atoms with Crippen LogP contribution in [-0.4, -0.2) is 7.11 Å². The zero-order chi connectivity index (χ0) is 19.2. The normalized spacial score (nSPS) is 11.0. The molecule has 0 aliphatic carbocycles. The number of methoxy groups -OCH3 is 1. The van der Waals surface area contributed by atoms with E-state index in [2.05, 4.69) is 72.8 Å². The van der Waals surface area contributed by atoms with E-state index in [1.54, 1.807) is 7.11 Å². The Hall–Kier alpha value is -3.09. The number of rotatable bonds is 6. The minimum atomic E-state index is -2.34. The van der Waals surface area contributed by atoms with E-state index in [1.165, 1.54) is 15.9 Å². The molecule has 0 aliphatic rings. The summed E-state index contributed by atoms with van der Waals surface area (Å²) in [5, 5.41) is 3.55.